The Labute approximate surface area is 159 Å². The fourth-order valence-electron chi connectivity index (χ4n) is 2.67. The molecule has 3 N–H and O–H groups in total. The van der Waals surface area contributed by atoms with Crippen LogP contribution in [-0.4, -0.2) is 74.0 Å². The standard InChI is InChI=1S/C17H29ClN4O2S/c1-3-19-16(20-7-6-14-4-5-15(18)25-14)21-12-17(2,23)13-22-8-10-24-11-9-22/h4-5,23H,3,6-13H2,1-2H3,(H2,19,20,21). The van der Waals surface area contributed by atoms with E-state index in [1.54, 1.807) is 11.3 Å². The lowest BCUT2D eigenvalue weighted by molar-refractivity contribution is -0.0179. The van der Waals surface area contributed by atoms with Crippen molar-refractivity contribution in [3.05, 3.63) is 21.3 Å². The maximum atomic E-state index is 10.6. The number of hydrogen-bond acceptors (Lipinski definition) is 5. The summed E-state index contributed by atoms with van der Waals surface area (Å²) in [6.07, 6.45) is 0.895. The summed E-state index contributed by atoms with van der Waals surface area (Å²) in [4.78, 5) is 8.02. The maximum Gasteiger partial charge on any atom is 0.191 e. The van der Waals surface area contributed by atoms with Gasteiger partial charge in [0.1, 0.15) is 0 Å². The number of aliphatic hydroxyl groups is 1. The van der Waals surface area contributed by atoms with Crippen LogP contribution in [-0.2, 0) is 11.2 Å². The maximum absolute atomic E-state index is 10.6. The van der Waals surface area contributed by atoms with E-state index in [1.807, 2.05) is 26.0 Å². The zero-order valence-corrected chi connectivity index (χ0v) is 16.6. The molecule has 1 aliphatic heterocycles. The topological polar surface area (TPSA) is 69.1 Å². The normalized spacial score (nSPS) is 18.8. The highest BCUT2D eigenvalue weighted by Crippen LogP contribution is 2.21. The van der Waals surface area contributed by atoms with Crippen LogP contribution < -0.4 is 10.6 Å². The fraction of sp³-hybridized carbons (Fsp3) is 0.706. The molecule has 0 spiro atoms. The average Bonchev–Trinajstić information content (AvgIpc) is 2.98. The minimum atomic E-state index is -0.860. The predicted molar refractivity (Wildman–Crippen MR) is 105 cm³/mol. The van der Waals surface area contributed by atoms with E-state index in [0.717, 1.165) is 56.1 Å². The van der Waals surface area contributed by atoms with Crippen molar-refractivity contribution >= 4 is 28.9 Å². The third-order valence-corrected chi connectivity index (χ3v) is 5.17. The molecule has 1 aromatic heterocycles. The van der Waals surface area contributed by atoms with Crippen molar-refractivity contribution in [2.24, 2.45) is 4.99 Å². The lowest BCUT2D eigenvalue weighted by Crippen LogP contribution is -2.48. The van der Waals surface area contributed by atoms with Gasteiger partial charge in [0.05, 0.1) is 29.7 Å². The minimum absolute atomic E-state index is 0.352. The number of nitrogens with one attached hydrogen (secondary N) is 2. The highest BCUT2D eigenvalue weighted by atomic mass is 35.5. The van der Waals surface area contributed by atoms with Crippen LogP contribution in [0.5, 0.6) is 0 Å². The van der Waals surface area contributed by atoms with Gasteiger partial charge in [-0.3, -0.25) is 9.89 Å². The third-order valence-electron chi connectivity index (χ3n) is 3.88. The summed E-state index contributed by atoms with van der Waals surface area (Å²) in [6, 6.07) is 3.97. The molecule has 1 saturated heterocycles. The molecule has 1 unspecified atom stereocenters. The number of β-amino-alcohol motifs (C(OH)–C–C–N with tert-alkyl or cyclic N) is 1. The monoisotopic (exact) mass is 388 g/mol. The van der Waals surface area contributed by atoms with Crippen molar-refractivity contribution in [2.75, 3.05) is 52.5 Å². The van der Waals surface area contributed by atoms with Crippen LogP contribution in [0.25, 0.3) is 0 Å². The molecular formula is C17H29ClN4O2S. The summed E-state index contributed by atoms with van der Waals surface area (Å²) in [5.74, 6) is 0.729. The first-order valence-electron chi connectivity index (χ1n) is 8.77. The number of morpholine rings is 1. The van der Waals surface area contributed by atoms with E-state index >= 15 is 0 Å². The van der Waals surface area contributed by atoms with Gasteiger partial charge in [0.2, 0.25) is 0 Å². The Balaban J connectivity index is 1.80. The molecule has 0 aliphatic carbocycles. The van der Waals surface area contributed by atoms with E-state index in [9.17, 15) is 5.11 Å². The van der Waals surface area contributed by atoms with E-state index in [1.165, 1.54) is 4.88 Å². The first-order valence-corrected chi connectivity index (χ1v) is 9.97. The van der Waals surface area contributed by atoms with Crippen molar-refractivity contribution in [3.63, 3.8) is 0 Å². The first-order chi connectivity index (χ1) is 12.0. The molecule has 6 nitrogen and oxygen atoms in total. The van der Waals surface area contributed by atoms with Crippen molar-refractivity contribution < 1.29 is 9.84 Å². The lowest BCUT2D eigenvalue weighted by Gasteiger charge is -2.33. The molecular weight excluding hydrogens is 360 g/mol. The molecule has 1 fully saturated rings. The Morgan fingerprint density at radius 1 is 1.40 bits per heavy atom. The minimum Gasteiger partial charge on any atom is -0.387 e. The molecule has 0 radical (unpaired) electrons. The number of guanidine groups is 1. The summed E-state index contributed by atoms with van der Waals surface area (Å²) in [6.45, 7) is 9.56. The van der Waals surface area contributed by atoms with Crippen LogP contribution in [0.15, 0.2) is 17.1 Å². The molecule has 142 valence electrons. The van der Waals surface area contributed by atoms with Gasteiger partial charge in [-0.25, -0.2) is 0 Å². The van der Waals surface area contributed by atoms with Crippen LogP contribution in [0.4, 0.5) is 0 Å². The van der Waals surface area contributed by atoms with E-state index in [4.69, 9.17) is 16.3 Å². The molecule has 0 bridgehead atoms. The first kappa shape index (κ1) is 20.5. The van der Waals surface area contributed by atoms with Crippen LogP contribution in [0, 0.1) is 0 Å². The molecule has 1 aromatic rings. The van der Waals surface area contributed by atoms with Crippen molar-refractivity contribution in [3.8, 4) is 0 Å². The third kappa shape index (κ3) is 7.92. The molecule has 0 amide bonds. The highest BCUT2D eigenvalue weighted by molar-refractivity contribution is 7.16. The van der Waals surface area contributed by atoms with Gasteiger partial charge in [0, 0.05) is 37.6 Å². The number of ether oxygens (including phenoxy) is 1. The van der Waals surface area contributed by atoms with Crippen molar-refractivity contribution in [1.82, 2.24) is 15.5 Å². The Morgan fingerprint density at radius 3 is 2.80 bits per heavy atom. The molecule has 1 aliphatic rings. The SMILES string of the molecule is CCNC(=NCC(C)(O)CN1CCOCC1)NCCc1ccc(Cl)s1. The summed E-state index contributed by atoms with van der Waals surface area (Å²) in [7, 11) is 0. The second-order valence-corrected chi connectivity index (χ2v) is 8.26. The van der Waals surface area contributed by atoms with E-state index in [2.05, 4.69) is 20.5 Å². The molecule has 2 heterocycles. The van der Waals surface area contributed by atoms with Gasteiger partial charge in [-0.2, -0.15) is 0 Å². The summed E-state index contributed by atoms with van der Waals surface area (Å²) >= 11 is 7.55. The smallest absolute Gasteiger partial charge is 0.191 e. The fourth-order valence-corrected chi connectivity index (χ4v) is 3.76. The van der Waals surface area contributed by atoms with E-state index in [-0.39, 0.29) is 0 Å². The van der Waals surface area contributed by atoms with Crippen LogP contribution in [0.1, 0.15) is 18.7 Å². The van der Waals surface area contributed by atoms with Gasteiger partial charge >= 0.3 is 0 Å². The van der Waals surface area contributed by atoms with Gasteiger partial charge in [-0.05, 0) is 32.4 Å². The van der Waals surface area contributed by atoms with E-state index in [0.29, 0.717) is 13.1 Å². The van der Waals surface area contributed by atoms with Gasteiger partial charge in [-0.1, -0.05) is 11.6 Å². The quantitative estimate of drug-likeness (QED) is 0.466. The average molecular weight is 389 g/mol. The zero-order valence-electron chi connectivity index (χ0n) is 15.1. The van der Waals surface area contributed by atoms with E-state index < -0.39 is 5.60 Å². The number of thiophene rings is 1. The zero-order chi connectivity index (χ0) is 18.1. The summed E-state index contributed by atoms with van der Waals surface area (Å²) in [5, 5.41) is 17.2. The molecule has 1 atom stereocenters. The number of nitrogens with zero attached hydrogens (tertiary/aromatic N) is 2. The Hall–Kier alpha value is -0.860. The molecule has 2 rings (SSSR count). The number of aliphatic imine (C=N–C) groups is 1. The summed E-state index contributed by atoms with van der Waals surface area (Å²) in [5.41, 5.74) is -0.860. The van der Waals surface area contributed by atoms with Crippen LogP contribution >= 0.6 is 22.9 Å². The Morgan fingerprint density at radius 2 is 2.16 bits per heavy atom. The van der Waals surface area contributed by atoms with Crippen molar-refractivity contribution in [1.29, 1.82) is 0 Å². The Bertz CT molecular complexity index is 545. The van der Waals surface area contributed by atoms with Gasteiger partial charge in [-0.15, -0.1) is 11.3 Å². The molecule has 0 aromatic carbocycles. The molecule has 0 saturated carbocycles. The number of halogens is 1. The van der Waals surface area contributed by atoms with Gasteiger partial charge in [0.15, 0.2) is 5.96 Å². The summed E-state index contributed by atoms with van der Waals surface area (Å²) < 4.78 is 6.16. The van der Waals surface area contributed by atoms with Crippen LogP contribution in [0.2, 0.25) is 4.34 Å². The van der Waals surface area contributed by atoms with Crippen molar-refractivity contribution in [2.45, 2.75) is 25.9 Å². The highest BCUT2D eigenvalue weighted by Gasteiger charge is 2.25. The number of hydrogen-bond donors (Lipinski definition) is 3. The Kier molecular flexibility index (Phi) is 8.45. The largest absolute Gasteiger partial charge is 0.387 e. The lowest BCUT2D eigenvalue weighted by atomic mass is 10.1. The molecule has 8 heteroatoms. The second kappa shape index (κ2) is 10.3. The predicted octanol–water partition coefficient (Wildman–Crippen LogP) is 1.58. The van der Waals surface area contributed by atoms with Crippen LogP contribution in [0.3, 0.4) is 0 Å². The second-order valence-electron chi connectivity index (χ2n) is 6.46. The van der Waals surface area contributed by atoms with Gasteiger partial charge in [0.25, 0.3) is 0 Å². The van der Waals surface area contributed by atoms with Gasteiger partial charge < -0.3 is 20.5 Å². The molecule has 25 heavy (non-hydrogen) atoms. The number of rotatable bonds is 8.